The molecule has 7 nitrogen and oxygen atoms in total. The van der Waals surface area contributed by atoms with E-state index in [9.17, 15) is 4.79 Å². The second-order valence-electron chi connectivity index (χ2n) is 7.41. The first kappa shape index (κ1) is 20.8. The van der Waals surface area contributed by atoms with Crippen LogP contribution in [-0.2, 0) is 6.54 Å². The fourth-order valence-electron chi connectivity index (χ4n) is 3.67. The number of ether oxygens (including phenoxy) is 1. The molecule has 2 aromatic carbocycles. The molecule has 0 saturated heterocycles. The number of anilines is 1. The number of hydrogen-bond acceptors (Lipinski definition) is 6. The predicted molar refractivity (Wildman–Crippen MR) is 129 cm³/mol. The number of methoxy groups -OCH3 is 1. The van der Waals surface area contributed by atoms with Gasteiger partial charge in [-0.2, -0.15) is 5.10 Å². The van der Waals surface area contributed by atoms with Crippen LogP contribution >= 0.6 is 11.3 Å². The van der Waals surface area contributed by atoms with Gasteiger partial charge in [0.15, 0.2) is 5.13 Å². The minimum atomic E-state index is -0.182. The summed E-state index contributed by atoms with van der Waals surface area (Å²) in [5.74, 6) is 0.492. The number of amides is 1. The Bertz CT molecular complexity index is 1410. The molecular weight excluding hydrogens is 434 g/mol. The average Bonchev–Trinajstić information content (AvgIpc) is 3.46. The summed E-state index contributed by atoms with van der Waals surface area (Å²) in [6.45, 7) is 2.19. The van der Waals surface area contributed by atoms with Crippen molar-refractivity contribution in [3.05, 3.63) is 96.1 Å². The molecule has 0 N–H and O–H groups in total. The Balaban J connectivity index is 1.58. The van der Waals surface area contributed by atoms with Gasteiger partial charge in [-0.25, -0.2) is 9.67 Å². The molecule has 0 spiro atoms. The molecule has 3 heterocycles. The molecule has 0 saturated carbocycles. The van der Waals surface area contributed by atoms with Crippen molar-refractivity contribution in [2.75, 3.05) is 12.0 Å². The molecule has 0 bridgehead atoms. The SMILES string of the molecule is COc1cccc2sc(N(Cc3ccccn3)C(=O)c3cnn(-c4ccccc4)c3C)nc12. The van der Waals surface area contributed by atoms with Gasteiger partial charge >= 0.3 is 0 Å². The van der Waals surface area contributed by atoms with Crippen LogP contribution < -0.4 is 9.64 Å². The molecule has 0 unspecified atom stereocenters. The number of carbonyl (C=O) groups is 1. The summed E-state index contributed by atoms with van der Waals surface area (Å²) in [4.78, 5) is 24.7. The zero-order valence-electron chi connectivity index (χ0n) is 18.2. The highest BCUT2D eigenvalue weighted by Gasteiger charge is 2.26. The highest BCUT2D eigenvalue weighted by atomic mass is 32.1. The predicted octanol–water partition coefficient (Wildman–Crippen LogP) is 5.04. The molecule has 3 aromatic heterocycles. The van der Waals surface area contributed by atoms with E-state index in [4.69, 9.17) is 9.72 Å². The Labute approximate surface area is 194 Å². The third kappa shape index (κ3) is 3.96. The molecule has 0 aliphatic carbocycles. The molecule has 0 radical (unpaired) electrons. The molecule has 0 atom stereocenters. The van der Waals surface area contributed by atoms with Crippen LogP contribution in [0.1, 0.15) is 21.7 Å². The minimum absolute atomic E-state index is 0.182. The average molecular weight is 456 g/mol. The van der Waals surface area contributed by atoms with Gasteiger partial charge in [-0.05, 0) is 43.3 Å². The molecule has 0 aliphatic rings. The third-order valence-electron chi connectivity index (χ3n) is 5.35. The van der Waals surface area contributed by atoms with Crippen molar-refractivity contribution >= 4 is 32.6 Å². The second-order valence-corrected chi connectivity index (χ2v) is 8.42. The standard InChI is InChI=1S/C25H21N5O2S/c1-17-20(15-27-30(17)19-10-4-3-5-11-19)24(31)29(16-18-9-6-7-14-26-18)25-28-23-21(32-2)12-8-13-22(23)33-25/h3-15H,16H2,1-2H3. The van der Waals surface area contributed by atoms with Crippen molar-refractivity contribution in [3.63, 3.8) is 0 Å². The molecule has 0 fully saturated rings. The zero-order chi connectivity index (χ0) is 22.8. The summed E-state index contributed by atoms with van der Waals surface area (Å²) in [7, 11) is 1.62. The molecule has 8 heteroatoms. The first-order valence-corrected chi connectivity index (χ1v) is 11.2. The van der Waals surface area contributed by atoms with Crippen molar-refractivity contribution < 1.29 is 9.53 Å². The lowest BCUT2D eigenvalue weighted by molar-refractivity contribution is 0.0984. The van der Waals surface area contributed by atoms with Gasteiger partial charge in [0.2, 0.25) is 0 Å². The van der Waals surface area contributed by atoms with Crippen LogP contribution in [0.2, 0.25) is 0 Å². The van der Waals surface area contributed by atoms with Crippen LogP contribution in [-0.4, -0.2) is 32.8 Å². The van der Waals surface area contributed by atoms with E-state index in [1.54, 1.807) is 29.1 Å². The van der Waals surface area contributed by atoms with Gasteiger partial charge in [0, 0.05) is 6.20 Å². The monoisotopic (exact) mass is 455 g/mol. The number of pyridine rings is 1. The van der Waals surface area contributed by atoms with Gasteiger partial charge in [-0.15, -0.1) is 0 Å². The summed E-state index contributed by atoms with van der Waals surface area (Å²) in [6, 6.07) is 21.2. The van der Waals surface area contributed by atoms with E-state index in [-0.39, 0.29) is 12.5 Å². The second kappa shape index (κ2) is 8.84. The highest BCUT2D eigenvalue weighted by molar-refractivity contribution is 7.22. The number of hydrogen-bond donors (Lipinski definition) is 0. The fourth-order valence-corrected chi connectivity index (χ4v) is 4.65. The van der Waals surface area contributed by atoms with E-state index >= 15 is 0 Å². The maximum Gasteiger partial charge on any atom is 0.263 e. The number of aromatic nitrogens is 4. The Kier molecular flexibility index (Phi) is 5.58. The topological polar surface area (TPSA) is 73.1 Å². The molecule has 1 amide bonds. The summed E-state index contributed by atoms with van der Waals surface area (Å²) >= 11 is 1.45. The highest BCUT2D eigenvalue weighted by Crippen LogP contribution is 2.35. The number of fused-ring (bicyclic) bond motifs is 1. The Morgan fingerprint density at radius 1 is 1.06 bits per heavy atom. The van der Waals surface area contributed by atoms with Crippen LogP contribution in [0.15, 0.2) is 79.1 Å². The molecule has 5 aromatic rings. The zero-order valence-corrected chi connectivity index (χ0v) is 19.0. The largest absolute Gasteiger partial charge is 0.494 e. The lowest BCUT2D eigenvalue weighted by Gasteiger charge is -2.19. The van der Waals surface area contributed by atoms with Gasteiger partial charge in [-0.3, -0.25) is 14.7 Å². The number of benzene rings is 2. The van der Waals surface area contributed by atoms with Gasteiger partial charge in [0.1, 0.15) is 11.3 Å². The molecule has 5 rings (SSSR count). The maximum absolute atomic E-state index is 13.8. The lowest BCUT2D eigenvalue weighted by atomic mass is 10.2. The number of para-hydroxylation sites is 2. The molecule has 164 valence electrons. The van der Waals surface area contributed by atoms with Crippen LogP contribution in [0.25, 0.3) is 15.9 Å². The van der Waals surface area contributed by atoms with Crippen LogP contribution in [0, 0.1) is 6.92 Å². The normalized spacial score (nSPS) is 11.0. The van der Waals surface area contributed by atoms with Crippen molar-refractivity contribution in [2.45, 2.75) is 13.5 Å². The smallest absolute Gasteiger partial charge is 0.263 e. The van der Waals surface area contributed by atoms with Crippen molar-refractivity contribution in [3.8, 4) is 11.4 Å². The van der Waals surface area contributed by atoms with Crippen molar-refractivity contribution in [1.82, 2.24) is 19.7 Å². The van der Waals surface area contributed by atoms with E-state index in [0.29, 0.717) is 16.4 Å². The first-order chi connectivity index (χ1) is 16.2. The van der Waals surface area contributed by atoms with E-state index in [1.165, 1.54) is 11.3 Å². The third-order valence-corrected chi connectivity index (χ3v) is 6.40. The first-order valence-electron chi connectivity index (χ1n) is 10.4. The van der Waals surface area contributed by atoms with Crippen molar-refractivity contribution in [1.29, 1.82) is 0 Å². The number of rotatable bonds is 6. The summed E-state index contributed by atoms with van der Waals surface area (Å²) in [5.41, 5.74) is 3.67. The number of nitrogens with zero attached hydrogens (tertiary/aromatic N) is 5. The van der Waals surface area contributed by atoms with Crippen LogP contribution in [0.3, 0.4) is 0 Å². The molecule has 33 heavy (non-hydrogen) atoms. The summed E-state index contributed by atoms with van der Waals surface area (Å²) in [6.07, 6.45) is 3.34. The van der Waals surface area contributed by atoms with E-state index in [2.05, 4.69) is 10.1 Å². The quantitative estimate of drug-likeness (QED) is 0.359. The van der Waals surface area contributed by atoms with E-state index in [0.717, 1.165) is 27.3 Å². The fraction of sp³-hybridized carbons (Fsp3) is 0.120. The van der Waals surface area contributed by atoms with Gasteiger partial charge in [-0.1, -0.05) is 41.7 Å². The Morgan fingerprint density at radius 3 is 2.64 bits per heavy atom. The van der Waals surface area contributed by atoms with Gasteiger partial charge in [0.05, 0.1) is 47.2 Å². The van der Waals surface area contributed by atoms with Gasteiger partial charge in [0.25, 0.3) is 5.91 Å². The summed E-state index contributed by atoms with van der Waals surface area (Å²) in [5, 5.41) is 5.06. The number of thiazole rings is 1. The molecule has 0 aliphatic heterocycles. The Morgan fingerprint density at radius 2 is 1.88 bits per heavy atom. The van der Waals surface area contributed by atoms with E-state index in [1.807, 2.05) is 73.7 Å². The lowest BCUT2D eigenvalue weighted by Crippen LogP contribution is -2.31. The van der Waals surface area contributed by atoms with E-state index < -0.39 is 0 Å². The van der Waals surface area contributed by atoms with Crippen LogP contribution in [0.5, 0.6) is 5.75 Å². The minimum Gasteiger partial charge on any atom is -0.494 e. The van der Waals surface area contributed by atoms with Crippen molar-refractivity contribution in [2.24, 2.45) is 0 Å². The van der Waals surface area contributed by atoms with Gasteiger partial charge < -0.3 is 4.74 Å². The summed E-state index contributed by atoms with van der Waals surface area (Å²) < 4.78 is 8.19. The Hall–Kier alpha value is -4.04. The maximum atomic E-state index is 13.8. The molecular formula is C25H21N5O2S. The van der Waals surface area contributed by atoms with Crippen LogP contribution in [0.4, 0.5) is 5.13 Å². The number of carbonyl (C=O) groups excluding carboxylic acids is 1.